The van der Waals surface area contributed by atoms with Crippen molar-refractivity contribution < 1.29 is 19.4 Å². The molecule has 0 aliphatic rings. The Morgan fingerprint density at radius 2 is 1.65 bits per heavy atom. The number of methoxy groups -OCH3 is 3. The Labute approximate surface area is 155 Å². The summed E-state index contributed by atoms with van der Waals surface area (Å²) in [7, 11) is 4.61. The summed E-state index contributed by atoms with van der Waals surface area (Å²) in [5.41, 5.74) is 2.75. The molecule has 0 unspecified atom stereocenters. The average molecular weight is 370 g/mol. The lowest BCUT2D eigenvalue weighted by molar-refractivity contribution is 0.318. The Morgan fingerprint density at radius 1 is 1.00 bits per heavy atom. The first-order valence-corrected chi connectivity index (χ1v) is 8.63. The molecule has 0 spiro atoms. The smallest absolute Gasteiger partial charge is 0.203 e. The molecule has 0 saturated carbocycles. The molecule has 1 aromatic heterocycles. The predicted molar refractivity (Wildman–Crippen MR) is 101 cm³/mol. The lowest BCUT2D eigenvalue weighted by atomic mass is 10.1. The predicted octanol–water partition coefficient (Wildman–Crippen LogP) is 4.06. The first kappa shape index (κ1) is 17.8. The summed E-state index contributed by atoms with van der Waals surface area (Å²) in [6.45, 7) is 0. The van der Waals surface area contributed by atoms with Crippen molar-refractivity contribution in [1.29, 1.82) is 0 Å². The van der Waals surface area contributed by atoms with Crippen molar-refractivity contribution in [3.05, 3.63) is 58.4 Å². The van der Waals surface area contributed by atoms with E-state index >= 15 is 0 Å². The number of thiazole rings is 1. The summed E-state index contributed by atoms with van der Waals surface area (Å²) in [5, 5.41) is 15.6. The zero-order valence-corrected chi connectivity index (χ0v) is 15.4. The van der Waals surface area contributed by atoms with Crippen LogP contribution < -0.4 is 14.2 Å². The second-order valence-electron chi connectivity index (χ2n) is 5.27. The fourth-order valence-corrected chi connectivity index (χ4v) is 3.40. The highest BCUT2D eigenvalue weighted by atomic mass is 32.1. The largest absolute Gasteiger partial charge is 0.493 e. The van der Waals surface area contributed by atoms with Gasteiger partial charge in [-0.15, -0.1) is 11.3 Å². The van der Waals surface area contributed by atoms with Gasteiger partial charge in [-0.3, -0.25) is 0 Å². The van der Waals surface area contributed by atoms with Gasteiger partial charge in [0.05, 0.1) is 27.0 Å². The molecule has 0 atom stereocenters. The Hall–Kier alpha value is -3.06. The standard InChI is InChI=1S/C19H18N2O4S/c1-23-15-9-13(10-16(24-2)18(15)25-3)17(21-22)19-20-14(11-26-19)12-7-5-4-6-8-12/h4-11,22H,1-3H3/b21-17-. The van der Waals surface area contributed by atoms with Crippen LogP contribution in [0.4, 0.5) is 0 Å². The highest BCUT2D eigenvalue weighted by Crippen LogP contribution is 2.39. The maximum absolute atomic E-state index is 9.61. The first-order valence-electron chi connectivity index (χ1n) is 7.75. The molecular weight excluding hydrogens is 352 g/mol. The van der Waals surface area contributed by atoms with Gasteiger partial charge in [-0.2, -0.15) is 0 Å². The summed E-state index contributed by atoms with van der Waals surface area (Å²) < 4.78 is 16.1. The van der Waals surface area contributed by atoms with Crippen LogP contribution in [0.5, 0.6) is 17.2 Å². The molecule has 134 valence electrons. The molecule has 2 aromatic carbocycles. The molecule has 3 rings (SSSR count). The summed E-state index contributed by atoms with van der Waals surface area (Å²) in [5.74, 6) is 1.42. The van der Waals surface area contributed by atoms with E-state index in [0.717, 1.165) is 11.3 Å². The highest BCUT2D eigenvalue weighted by molar-refractivity contribution is 7.12. The van der Waals surface area contributed by atoms with Crippen LogP contribution in [0.3, 0.4) is 0 Å². The third kappa shape index (κ3) is 3.34. The Kier molecular flexibility index (Phi) is 5.38. The van der Waals surface area contributed by atoms with Gasteiger partial charge in [0, 0.05) is 16.5 Å². The zero-order chi connectivity index (χ0) is 18.5. The molecule has 0 amide bonds. The number of oxime groups is 1. The molecule has 26 heavy (non-hydrogen) atoms. The van der Waals surface area contributed by atoms with Crippen LogP contribution in [-0.2, 0) is 0 Å². The van der Waals surface area contributed by atoms with Crippen molar-refractivity contribution in [3.63, 3.8) is 0 Å². The van der Waals surface area contributed by atoms with E-state index in [-0.39, 0.29) is 0 Å². The van der Waals surface area contributed by atoms with E-state index in [0.29, 0.717) is 33.5 Å². The van der Waals surface area contributed by atoms with Gasteiger partial charge in [0.2, 0.25) is 5.75 Å². The van der Waals surface area contributed by atoms with Crippen molar-refractivity contribution in [2.75, 3.05) is 21.3 Å². The van der Waals surface area contributed by atoms with Gasteiger partial charge in [-0.25, -0.2) is 4.98 Å². The number of hydrogen-bond acceptors (Lipinski definition) is 7. The SMILES string of the molecule is COc1cc(/C(=N/O)c2nc(-c3ccccc3)cs2)cc(OC)c1OC. The fraction of sp³-hybridized carbons (Fsp3) is 0.158. The van der Waals surface area contributed by atoms with Crippen LogP contribution in [-0.4, -0.2) is 37.2 Å². The van der Waals surface area contributed by atoms with Gasteiger partial charge < -0.3 is 19.4 Å². The second-order valence-corrected chi connectivity index (χ2v) is 6.12. The molecule has 0 bridgehead atoms. The van der Waals surface area contributed by atoms with Gasteiger partial charge in [-0.05, 0) is 12.1 Å². The summed E-state index contributed by atoms with van der Waals surface area (Å²) in [6, 6.07) is 13.3. The molecule has 0 aliphatic heterocycles. The zero-order valence-electron chi connectivity index (χ0n) is 14.6. The van der Waals surface area contributed by atoms with E-state index in [1.54, 1.807) is 12.1 Å². The number of hydrogen-bond donors (Lipinski definition) is 1. The van der Waals surface area contributed by atoms with Crippen LogP contribution in [0.15, 0.2) is 53.0 Å². The molecule has 0 saturated heterocycles. The van der Waals surface area contributed by atoms with Crippen LogP contribution in [0.1, 0.15) is 10.6 Å². The van der Waals surface area contributed by atoms with Crippen molar-refractivity contribution in [3.8, 4) is 28.5 Å². The van der Waals surface area contributed by atoms with Gasteiger partial charge in [0.15, 0.2) is 11.5 Å². The van der Waals surface area contributed by atoms with Crippen LogP contribution in [0, 0.1) is 0 Å². The molecule has 1 N–H and O–H groups in total. The van der Waals surface area contributed by atoms with Crippen molar-refractivity contribution >= 4 is 17.0 Å². The molecule has 3 aromatic rings. The molecule has 0 radical (unpaired) electrons. The summed E-state index contributed by atoms with van der Waals surface area (Å²) in [4.78, 5) is 4.60. The Balaban J connectivity index is 2.04. The average Bonchev–Trinajstić information content (AvgIpc) is 3.18. The Bertz CT molecular complexity index is 897. The topological polar surface area (TPSA) is 73.2 Å². The molecule has 0 fully saturated rings. The second kappa shape index (κ2) is 7.88. The number of aromatic nitrogens is 1. The maximum atomic E-state index is 9.61. The number of rotatable bonds is 6. The van der Waals surface area contributed by atoms with E-state index in [1.165, 1.54) is 32.7 Å². The summed E-state index contributed by atoms with van der Waals surface area (Å²) >= 11 is 1.39. The minimum absolute atomic E-state index is 0.330. The summed E-state index contributed by atoms with van der Waals surface area (Å²) in [6.07, 6.45) is 0. The van der Waals surface area contributed by atoms with Crippen molar-refractivity contribution in [1.82, 2.24) is 4.98 Å². The van der Waals surface area contributed by atoms with E-state index < -0.39 is 0 Å². The molecule has 6 nitrogen and oxygen atoms in total. The molecule has 1 heterocycles. The first-order chi connectivity index (χ1) is 12.7. The van der Waals surface area contributed by atoms with Gasteiger partial charge in [0.1, 0.15) is 10.7 Å². The van der Waals surface area contributed by atoms with Gasteiger partial charge >= 0.3 is 0 Å². The van der Waals surface area contributed by atoms with E-state index in [9.17, 15) is 5.21 Å². The van der Waals surface area contributed by atoms with Gasteiger partial charge in [0.25, 0.3) is 0 Å². The van der Waals surface area contributed by atoms with Crippen molar-refractivity contribution in [2.24, 2.45) is 5.16 Å². The van der Waals surface area contributed by atoms with E-state index in [1.807, 2.05) is 35.7 Å². The molecule has 7 heteroatoms. The highest BCUT2D eigenvalue weighted by Gasteiger charge is 2.19. The minimum Gasteiger partial charge on any atom is -0.493 e. The lowest BCUT2D eigenvalue weighted by Gasteiger charge is -2.14. The minimum atomic E-state index is 0.330. The van der Waals surface area contributed by atoms with E-state index in [2.05, 4.69) is 10.1 Å². The third-order valence-electron chi connectivity index (χ3n) is 3.81. The Morgan fingerprint density at radius 3 is 2.19 bits per heavy atom. The van der Waals surface area contributed by atoms with E-state index in [4.69, 9.17) is 14.2 Å². The number of nitrogens with zero attached hydrogens (tertiary/aromatic N) is 2. The lowest BCUT2D eigenvalue weighted by Crippen LogP contribution is -2.05. The van der Waals surface area contributed by atoms with Gasteiger partial charge in [-0.1, -0.05) is 35.5 Å². The van der Waals surface area contributed by atoms with Crippen LogP contribution in [0.25, 0.3) is 11.3 Å². The van der Waals surface area contributed by atoms with Crippen LogP contribution >= 0.6 is 11.3 Å². The number of benzene rings is 2. The fourth-order valence-electron chi connectivity index (χ4n) is 2.57. The maximum Gasteiger partial charge on any atom is 0.203 e. The molecular formula is C19H18N2O4S. The third-order valence-corrected chi connectivity index (χ3v) is 4.66. The quantitative estimate of drug-likeness (QED) is 0.402. The van der Waals surface area contributed by atoms with Crippen LogP contribution in [0.2, 0.25) is 0 Å². The molecule has 0 aliphatic carbocycles. The van der Waals surface area contributed by atoms with Crippen molar-refractivity contribution in [2.45, 2.75) is 0 Å². The monoisotopic (exact) mass is 370 g/mol. The normalized spacial score (nSPS) is 11.3. The number of ether oxygens (including phenoxy) is 3.